The molecule has 0 spiro atoms. The lowest BCUT2D eigenvalue weighted by Gasteiger charge is -2.04. The highest BCUT2D eigenvalue weighted by Crippen LogP contribution is 2.14. The highest BCUT2D eigenvalue weighted by atomic mass is 16.5. The van der Waals surface area contributed by atoms with Crippen molar-refractivity contribution in [1.29, 1.82) is 0 Å². The maximum Gasteiger partial charge on any atom is 0.146 e. The second-order valence-corrected chi connectivity index (χ2v) is 3.05. The largest absolute Gasteiger partial charge is 0.484 e. The molecule has 15 heavy (non-hydrogen) atoms. The summed E-state index contributed by atoms with van der Waals surface area (Å²) in [7, 11) is 0. The lowest BCUT2D eigenvalue weighted by Crippen LogP contribution is -2.01. The minimum atomic E-state index is 0.380. The van der Waals surface area contributed by atoms with Gasteiger partial charge >= 0.3 is 0 Å². The van der Waals surface area contributed by atoms with Gasteiger partial charge in [0.15, 0.2) is 0 Å². The Morgan fingerprint density at radius 2 is 2.33 bits per heavy atom. The van der Waals surface area contributed by atoms with Gasteiger partial charge in [-0.1, -0.05) is 0 Å². The van der Waals surface area contributed by atoms with Gasteiger partial charge in [-0.15, -0.1) is 0 Å². The summed E-state index contributed by atoms with van der Waals surface area (Å²) in [6.07, 6.45) is 4.97. The Labute approximate surface area is 87.7 Å². The zero-order chi connectivity index (χ0) is 10.5. The molecule has 0 aliphatic rings. The van der Waals surface area contributed by atoms with Crippen molar-refractivity contribution < 1.29 is 9.15 Å². The fraction of sp³-hybridized carbons (Fsp3) is 0.182. The van der Waals surface area contributed by atoms with Gasteiger partial charge in [0.05, 0.1) is 12.5 Å². The van der Waals surface area contributed by atoms with Gasteiger partial charge < -0.3 is 14.9 Å². The number of hydrogen-bond donors (Lipinski definition) is 1. The van der Waals surface area contributed by atoms with E-state index >= 15 is 0 Å². The summed E-state index contributed by atoms with van der Waals surface area (Å²) in [5.74, 6) is 1.48. The van der Waals surface area contributed by atoms with Crippen LogP contribution in [0.5, 0.6) is 5.75 Å². The van der Waals surface area contributed by atoms with Crippen molar-refractivity contribution in [3.05, 3.63) is 48.2 Å². The Kier molecular flexibility index (Phi) is 2.99. The Morgan fingerprint density at radius 1 is 1.40 bits per heavy atom. The second kappa shape index (κ2) is 4.61. The summed E-state index contributed by atoms with van der Waals surface area (Å²) in [4.78, 5) is 3.95. The fourth-order valence-corrected chi connectivity index (χ4v) is 1.26. The van der Waals surface area contributed by atoms with Crippen molar-refractivity contribution in [1.82, 2.24) is 4.98 Å². The van der Waals surface area contributed by atoms with Gasteiger partial charge in [0.2, 0.25) is 0 Å². The summed E-state index contributed by atoms with van der Waals surface area (Å²) in [5, 5.41) is 0. The first-order valence-electron chi connectivity index (χ1n) is 4.68. The standard InChI is InChI=1S/C11H12N2O2/c12-6-9-3-5-14-11(9)8-15-10-2-1-4-13-7-10/h1-5,7H,6,8,12H2. The molecular formula is C11H12N2O2. The molecule has 2 N–H and O–H groups in total. The highest BCUT2D eigenvalue weighted by molar-refractivity contribution is 5.19. The van der Waals surface area contributed by atoms with Gasteiger partial charge in [-0.05, 0) is 18.2 Å². The van der Waals surface area contributed by atoms with Crippen LogP contribution in [0.1, 0.15) is 11.3 Å². The molecule has 78 valence electrons. The van der Waals surface area contributed by atoms with Crippen molar-refractivity contribution in [2.75, 3.05) is 0 Å². The maximum absolute atomic E-state index is 5.54. The molecule has 4 heteroatoms. The molecule has 2 aromatic rings. The van der Waals surface area contributed by atoms with Crippen LogP contribution >= 0.6 is 0 Å². The summed E-state index contributed by atoms with van der Waals surface area (Å²) >= 11 is 0. The van der Waals surface area contributed by atoms with Crippen LogP contribution in [-0.2, 0) is 13.2 Å². The Balaban J connectivity index is 1.99. The number of furan rings is 1. The molecule has 0 fully saturated rings. The SMILES string of the molecule is NCc1ccoc1COc1cccnc1. The summed E-state index contributed by atoms with van der Waals surface area (Å²) in [6.45, 7) is 0.841. The molecule has 0 unspecified atom stereocenters. The molecule has 0 aliphatic heterocycles. The van der Waals surface area contributed by atoms with E-state index in [1.54, 1.807) is 18.7 Å². The topological polar surface area (TPSA) is 61.3 Å². The zero-order valence-electron chi connectivity index (χ0n) is 8.22. The maximum atomic E-state index is 5.54. The molecule has 0 amide bonds. The third kappa shape index (κ3) is 2.35. The Hall–Kier alpha value is -1.81. The average Bonchev–Trinajstić information content (AvgIpc) is 2.75. The number of pyridine rings is 1. The van der Waals surface area contributed by atoms with Crippen LogP contribution in [0.4, 0.5) is 0 Å². The van der Waals surface area contributed by atoms with Crippen LogP contribution in [0.15, 0.2) is 41.3 Å². The normalized spacial score (nSPS) is 10.2. The quantitative estimate of drug-likeness (QED) is 0.823. The zero-order valence-corrected chi connectivity index (χ0v) is 8.22. The van der Waals surface area contributed by atoms with E-state index in [9.17, 15) is 0 Å². The van der Waals surface area contributed by atoms with E-state index in [-0.39, 0.29) is 0 Å². The number of hydrogen-bond acceptors (Lipinski definition) is 4. The molecule has 0 radical (unpaired) electrons. The van der Waals surface area contributed by atoms with Gasteiger partial charge in [-0.25, -0.2) is 0 Å². The number of nitrogens with zero attached hydrogens (tertiary/aromatic N) is 1. The Morgan fingerprint density at radius 3 is 3.07 bits per heavy atom. The van der Waals surface area contributed by atoms with Crippen molar-refractivity contribution in [2.24, 2.45) is 5.73 Å². The number of aromatic nitrogens is 1. The number of ether oxygens (including phenoxy) is 1. The average molecular weight is 204 g/mol. The van der Waals surface area contributed by atoms with Crippen LogP contribution in [0.3, 0.4) is 0 Å². The molecule has 2 rings (SSSR count). The minimum Gasteiger partial charge on any atom is -0.484 e. The van der Waals surface area contributed by atoms with Gasteiger partial charge in [0.25, 0.3) is 0 Å². The van der Waals surface area contributed by atoms with Gasteiger partial charge in [-0.2, -0.15) is 0 Å². The van der Waals surface area contributed by atoms with Gasteiger partial charge in [0.1, 0.15) is 18.1 Å². The van der Waals surface area contributed by atoms with E-state index in [0.29, 0.717) is 13.2 Å². The third-order valence-electron chi connectivity index (χ3n) is 2.06. The molecule has 0 saturated heterocycles. The van der Waals surface area contributed by atoms with Crippen LogP contribution in [0.2, 0.25) is 0 Å². The first-order valence-corrected chi connectivity index (χ1v) is 4.68. The number of rotatable bonds is 4. The van der Waals surface area contributed by atoms with E-state index in [2.05, 4.69) is 4.98 Å². The monoisotopic (exact) mass is 204 g/mol. The highest BCUT2D eigenvalue weighted by Gasteiger charge is 2.05. The molecule has 4 nitrogen and oxygen atoms in total. The molecule has 0 saturated carbocycles. The van der Waals surface area contributed by atoms with Gasteiger partial charge in [0, 0.05) is 18.3 Å². The van der Waals surface area contributed by atoms with Crippen LogP contribution in [0, 0.1) is 0 Å². The fourth-order valence-electron chi connectivity index (χ4n) is 1.26. The predicted molar refractivity (Wildman–Crippen MR) is 55.2 cm³/mol. The first kappa shape index (κ1) is 9.73. The van der Waals surface area contributed by atoms with Gasteiger partial charge in [-0.3, -0.25) is 4.98 Å². The molecule has 2 aromatic heterocycles. The summed E-state index contributed by atoms with van der Waals surface area (Å²) in [5.41, 5.74) is 6.51. The Bertz CT molecular complexity index is 412. The molecule has 0 atom stereocenters. The van der Waals surface area contributed by atoms with E-state index in [1.807, 2.05) is 18.2 Å². The third-order valence-corrected chi connectivity index (χ3v) is 2.06. The van der Waals surface area contributed by atoms with E-state index in [0.717, 1.165) is 17.1 Å². The number of nitrogens with two attached hydrogens (primary N) is 1. The molecule has 2 heterocycles. The van der Waals surface area contributed by atoms with Crippen molar-refractivity contribution in [3.63, 3.8) is 0 Å². The van der Waals surface area contributed by atoms with Crippen molar-refractivity contribution in [2.45, 2.75) is 13.2 Å². The van der Waals surface area contributed by atoms with Crippen LogP contribution in [-0.4, -0.2) is 4.98 Å². The lowest BCUT2D eigenvalue weighted by atomic mass is 10.2. The van der Waals surface area contributed by atoms with E-state index in [4.69, 9.17) is 14.9 Å². The summed E-state index contributed by atoms with van der Waals surface area (Å²) < 4.78 is 10.7. The molecular weight excluding hydrogens is 192 g/mol. The lowest BCUT2D eigenvalue weighted by molar-refractivity contribution is 0.267. The van der Waals surface area contributed by atoms with E-state index < -0.39 is 0 Å². The van der Waals surface area contributed by atoms with Crippen LogP contribution in [0.25, 0.3) is 0 Å². The summed E-state index contributed by atoms with van der Waals surface area (Å²) in [6, 6.07) is 5.52. The molecule has 0 aromatic carbocycles. The van der Waals surface area contributed by atoms with E-state index in [1.165, 1.54) is 0 Å². The second-order valence-electron chi connectivity index (χ2n) is 3.05. The van der Waals surface area contributed by atoms with Crippen molar-refractivity contribution in [3.8, 4) is 5.75 Å². The van der Waals surface area contributed by atoms with Crippen molar-refractivity contribution >= 4 is 0 Å². The smallest absolute Gasteiger partial charge is 0.146 e. The van der Waals surface area contributed by atoms with Crippen LogP contribution < -0.4 is 10.5 Å². The first-order chi connectivity index (χ1) is 7.40. The molecule has 0 aliphatic carbocycles. The minimum absolute atomic E-state index is 0.380. The predicted octanol–water partition coefficient (Wildman–Crippen LogP) is 1.71. The molecule has 0 bridgehead atoms.